The first kappa shape index (κ1) is 27.3. The second-order valence-corrected chi connectivity index (χ2v) is 5.82. The number of hydrogen-bond acceptors (Lipinski definition) is 2. The first-order valence-corrected chi connectivity index (χ1v) is 8.62. The van der Waals surface area contributed by atoms with Gasteiger partial charge in [0.1, 0.15) is 5.82 Å². The molecule has 5 heteroatoms. The Labute approximate surface area is 167 Å². The highest BCUT2D eigenvalue weighted by molar-refractivity contribution is 6.07. The number of rotatable bonds is 5. The summed E-state index contributed by atoms with van der Waals surface area (Å²) in [6, 6.07) is 6.50. The molecule has 0 fully saturated rings. The summed E-state index contributed by atoms with van der Waals surface area (Å²) in [6.07, 6.45) is 11.5. The van der Waals surface area contributed by atoms with Gasteiger partial charge in [0, 0.05) is 37.6 Å². The molecule has 0 aromatic heterocycles. The van der Waals surface area contributed by atoms with E-state index >= 15 is 0 Å². The van der Waals surface area contributed by atoms with Crippen LogP contribution in [0.4, 0.5) is 13.2 Å². The Balaban J connectivity index is 0. The number of terminal acetylenes is 2. The van der Waals surface area contributed by atoms with Crippen LogP contribution >= 0.6 is 0 Å². The Bertz CT molecular complexity index is 731. The average Bonchev–Trinajstić information content (AvgIpc) is 2.64. The van der Waals surface area contributed by atoms with Crippen molar-refractivity contribution in [3.8, 4) is 24.7 Å². The summed E-state index contributed by atoms with van der Waals surface area (Å²) in [4.78, 5) is 3.90. The van der Waals surface area contributed by atoms with Crippen LogP contribution in [0.2, 0.25) is 0 Å². The van der Waals surface area contributed by atoms with Crippen LogP contribution in [0.25, 0.3) is 0 Å². The quantitative estimate of drug-likeness (QED) is 0.509. The molecule has 0 amide bonds. The SMILES string of the molecule is C#C/C(C)=C\C(=NC)C(=C)N.C#CCCC(F)(F)CC.Cc1cccc(F)c1. The van der Waals surface area contributed by atoms with Gasteiger partial charge in [0.2, 0.25) is 5.92 Å². The van der Waals surface area contributed by atoms with E-state index < -0.39 is 5.92 Å². The first-order valence-electron chi connectivity index (χ1n) is 8.62. The second kappa shape index (κ2) is 15.2. The lowest BCUT2D eigenvalue weighted by atomic mass is 10.1. The Hall–Kier alpha value is -2.92. The number of benzene rings is 1. The third-order valence-corrected chi connectivity index (χ3v) is 3.28. The van der Waals surface area contributed by atoms with E-state index in [1.54, 1.807) is 19.2 Å². The highest BCUT2D eigenvalue weighted by atomic mass is 19.3. The fourth-order valence-electron chi connectivity index (χ4n) is 1.58. The molecule has 0 aliphatic carbocycles. The minimum atomic E-state index is -2.55. The maximum absolute atomic E-state index is 12.2. The molecule has 152 valence electrons. The van der Waals surface area contributed by atoms with Gasteiger partial charge in [-0.2, -0.15) is 0 Å². The lowest BCUT2D eigenvalue weighted by Crippen LogP contribution is -2.12. The van der Waals surface area contributed by atoms with E-state index in [9.17, 15) is 13.2 Å². The molecular weight excluding hydrogens is 361 g/mol. The van der Waals surface area contributed by atoms with Gasteiger partial charge in [0.05, 0.1) is 5.71 Å². The van der Waals surface area contributed by atoms with E-state index in [0.29, 0.717) is 11.4 Å². The Kier molecular flexibility index (Phi) is 14.8. The van der Waals surface area contributed by atoms with Gasteiger partial charge >= 0.3 is 0 Å². The second-order valence-electron chi connectivity index (χ2n) is 5.82. The predicted molar refractivity (Wildman–Crippen MR) is 114 cm³/mol. The zero-order valence-electron chi connectivity index (χ0n) is 17.0. The molecule has 2 N–H and O–H groups in total. The van der Waals surface area contributed by atoms with E-state index in [1.807, 2.05) is 19.9 Å². The third kappa shape index (κ3) is 15.3. The van der Waals surface area contributed by atoms with Crippen molar-refractivity contribution in [3.05, 3.63) is 59.6 Å². The number of aryl methyl sites for hydroxylation is 1. The van der Waals surface area contributed by atoms with Crippen LogP contribution in [0.3, 0.4) is 0 Å². The molecule has 0 aliphatic heterocycles. The van der Waals surface area contributed by atoms with E-state index in [1.165, 1.54) is 19.1 Å². The van der Waals surface area contributed by atoms with Crippen LogP contribution in [-0.4, -0.2) is 18.7 Å². The smallest absolute Gasteiger partial charge is 0.248 e. The Morgan fingerprint density at radius 3 is 2.29 bits per heavy atom. The van der Waals surface area contributed by atoms with Gasteiger partial charge < -0.3 is 5.73 Å². The molecule has 1 aromatic carbocycles. The maximum Gasteiger partial charge on any atom is 0.248 e. The van der Waals surface area contributed by atoms with Gasteiger partial charge in [0.25, 0.3) is 0 Å². The number of alkyl halides is 2. The maximum atomic E-state index is 12.2. The fourth-order valence-corrected chi connectivity index (χ4v) is 1.58. The monoisotopic (exact) mass is 390 g/mol. The minimum Gasteiger partial charge on any atom is -0.397 e. The van der Waals surface area contributed by atoms with Crippen LogP contribution in [0.15, 0.2) is 53.2 Å². The van der Waals surface area contributed by atoms with Crippen molar-refractivity contribution in [2.75, 3.05) is 7.05 Å². The summed E-state index contributed by atoms with van der Waals surface area (Å²) in [5.41, 5.74) is 8.24. The number of aliphatic imine (C=N–C) groups is 1. The molecular formula is C23H29F3N2. The average molecular weight is 390 g/mol. The van der Waals surface area contributed by atoms with Crippen molar-refractivity contribution in [1.29, 1.82) is 0 Å². The number of nitrogens with two attached hydrogens (primary N) is 1. The van der Waals surface area contributed by atoms with Gasteiger partial charge in [-0.3, -0.25) is 4.99 Å². The minimum absolute atomic E-state index is 0.116. The van der Waals surface area contributed by atoms with E-state index in [4.69, 9.17) is 18.6 Å². The molecule has 0 radical (unpaired) electrons. The summed E-state index contributed by atoms with van der Waals surface area (Å²) in [5.74, 6) is 1.94. The van der Waals surface area contributed by atoms with Crippen LogP contribution in [0.5, 0.6) is 0 Å². The molecule has 0 atom stereocenters. The van der Waals surface area contributed by atoms with Gasteiger partial charge in [-0.25, -0.2) is 13.2 Å². The molecule has 2 nitrogen and oxygen atoms in total. The van der Waals surface area contributed by atoms with Crippen molar-refractivity contribution in [2.45, 2.75) is 46.0 Å². The van der Waals surface area contributed by atoms with Crippen molar-refractivity contribution in [1.82, 2.24) is 0 Å². The van der Waals surface area contributed by atoms with E-state index in [0.717, 1.165) is 11.1 Å². The molecule has 0 aliphatic rings. The zero-order valence-corrected chi connectivity index (χ0v) is 17.0. The standard InChI is InChI=1S/C9H12N2.C7H10F2.C7H7F/c1-5-7(2)6-9(11-4)8(3)10;1-3-5-6-7(8,9)4-2;1-6-3-2-4-7(8)5-6/h1,6H,3,10H2,2,4H3;1H,4-6H2,2H3;2-5H,1H3/b7-6-,11-9?;;. The number of allylic oxidation sites excluding steroid dienone is 2. The summed E-state index contributed by atoms with van der Waals surface area (Å²) in [6.45, 7) is 8.68. The topological polar surface area (TPSA) is 38.4 Å². The third-order valence-electron chi connectivity index (χ3n) is 3.28. The molecule has 0 saturated heterocycles. The fraction of sp³-hybridized carbons (Fsp3) is 0.348. The van der Waals surface area contributed by atoms with Crippen molar-refractivity contribution in [2.24, 2.45) is 10.7 Å². The molecule has 28 heavy (non-hydrogen) atoms. The van der Waals surface area contributed by atoms with Crippen molar-refractivity contribution >= 4 is 5.71 Å². The molecule has 1 rings (SSSR count). The van der Waals surface area contributed by atoms with Crippen LogP contribution in [0, 0.1) is 37.4 Å². The Morgan fingerprint density at radius 2 is 1.96 bits per heavy atom. The first-order chi connectivity index (χ1) is 13.0. The highest BCUT2D eigenvalue weighted by Gasteiger charge is 2.24. The highest BCUT2D eigenvalue weighted by Crippen LogP contribution is 2.23. The number of halogens is 3. The summed E-state index contributed by atoms with van der Waals surface area (Å²) in [5, 5.41) is 0. The molecule has 0 saturated carbocycles. The van der Waals surface area contributed by atoms with E-state index in [-0.39, 0.29) is 25.1 Å². The normalized spacial score (nSPS) is 11.0. The van der Waals surface area contributed by atoms with Gasteiger partial charge in [-0.1, -0.05) is 31.6 Å². The molecule has 0 heterocycles. The van der Waals surface area contributed by atoms with Crippen LogP contribution < -0.4 is 5.73 Å². The van der Waals surface area contributed by atoms with Crippen molar-refractivity contribution in [3.63, 3.8) is 0 Å². The van der Waals surface area contributed by atoms with Gasteiger partial charge in [0.15, 0.2) is 0 Å². The van der Waals surface area contributed by atoms with Crippen LogP contribution in [-0.2, 0) is 0 Å². The van der Waals surface area contributed by atoms with Gasteiger partial charge in [-0.15, -0.1) is 18.8 Å². The van der Waals surface area contributed by atoms with Gasteiger partial charge in [-0.05, 0) is 37.6 Å². The summed E-state index contributed by atoms with van der Waals surface area (Å²) < 4.78 is 36.7. The molecule has 1 aromatic rings. The molecule has 0 unspecified atom stereocenters. The summed E-state index contributed by atoms with van der Waals surface area (Å²) >= 11 is 0. The lowest BCUT2D eigenvalue weighted by molar-refractivity contribution is -0.00982. The Morgan fingerprint density at radius 1 is 1.36 bits per heavy atom. The number of hydrogen-bond donors (Lipinski definition) is 1. The zero-order chi connectivity index (χ0) is 22.2. The van der Waals surface area contributed by atoms with Crippen LogP contribution in [0.1, 0.15) is 38.7 Å². The number of nitrogens with zero attached hydrogens (tertiary/aromatic N) is 1. The summed E-state index contributed by atoms with van der Waals surface area (Å²) in [7, 11) is 1.65. The van der Waals surface area contributed by atoms with E-state index in [2.05, 4.69) is 23.4 Å². The lowest BCUT2D eigenvalue weighted by Gasteiger charge is -2.10. The predicted octanol–water partition coefficient (Wildman–Crippen LogP) is 5.69. The molecule has 0 spiro atoms. The van der Waals surface area contributed by atoms with Crippen molar-refractivity contribution < 1.29 is 13.2 Å². The largest absolute Gasteiger partial charge is 0.397 e. The molecule has 0 bridgehead atoms.